The molecule has 1 aromatic carbocycles. The molecule has 0 bridgehead atoms. The minimum Gasteiger partial charge on any atom is -0.379 e. The van der Waals surface area contributed by atoms with Gasteiger partial charge in [-0.25, -0.2) is 0 Å². The Hall–Kier alpha value is -1.55. The first-order valence-electron chi connectivity index (χ1n) is 8.23. The van der Waals surface area contributed by atoms with Gasteiger partial charge in [0.25, 0.3) is 0 Å². The highest BCUT2D eigenvalue weighted by atomic mass is 16.2. The lowest BCUT2D eigenvalue weighted by Gasteiger charge is -2.26. The summed E-state index contributed by atoms with van der Waals surface area (Å²) in [5.41, 5.74) is 2.20. The third-order valence-electron chi connectivity index (χ3n) is 5.22. The van der Waals surface area contributed by atoms with E-state index in [9.17, 15) is 4.79 Å². The molecule has 4 heteroatoms. The third-order valence-corrected chi connectivity index (χ3v) is 5.22. The molecule has 3 fully saturated rings. The maximum atomic E-state index is 12.0. The van der Waals surface area contributed by atoms with E-state index in [1.807, 2.05) is 11.0 Å². The molecule has 2 unspecified atom stereocenters. The Morgan fingerprint density at radius 2 is 1.95 bits per heavy atom. The summed E-state index contributed by atoms with van der Waals surface area (Å²) < 4.78 is 0. The van der Waals surface area contributed by atoms with Gasteiger partial charge in [0.1, 0.15) is 0 Å². The van der Waals surface area contributed by atoms with E-state index in [0.29, 0.717) is 18.5 Å². The molecule has 3 heterocycles. The van der Waals surface area contributed by atoms with Gasteiger partial charge in [0.05, 0.1) is 11.4 Å². The Balaban J connectivity index is 1.56. The molecule has 3 aliphatic heterocycles. The molecule has 0 spiro atoms. The summed E-state index contributed by atoms with van der Waals surface area (Å²) in [4.78, 5) is 16.6. The van der Waals surface area contributed by atoms with Gasteiger partial charge in [-0.1, -0.05) is 12.1 Å². The number of benzene rings is 1. The summed E-state index contributed by atoms with van der Waals surface area (Å²) in [6.45, 7) is 3.33. The maximum absolute atomic E-state index is 12.0. The van der Waals surface area contributed by atoms with Crippen LogP contribution in [0.5, 0.6) is 0 Å². The normalized spacial score (nSPS) is 29.1. The Morgan fingerprint density at radius 1 is 1.05 bits per heavy atom. The second kappa shape index (κ2) is 5.34. The summed E-state index contributed by atoms with van der Waals surface area (Å²) in [5, 5.41) is 3.74. The molecule has 0 aromatic heterocycles. The molecule has 21 heavy (non-hydrogen) atoms. The number of hydrogen-bond donors (Lipinski definition) is 1. The van der Waals surface area contributed by atoms with Crippen LogP contribution in [0.1, 0.15) is 32.1 Å². The van der Waals surface area contributed by atoms with Crippen LogP contribution in [-0.4, -0.2) is 42.5 Å². The zero-order chi connectivity index (χ0) is 14.2. The number of rotatable bonds is 3. The lowest BCUT2D eigenvalue weighted by molar-refractivity contribution is -0.117. The molecule has 0 radical (unpaired) electrons. The first kappa shape index (κ1) is 13.1. The van der Waals surface area contributed by atoms with Gasteiger partial charge in [-0.15, -0.1) is 0 Å². The number of carbonyl (C=O) groups is 1. The zero-order valence-corrected chi connectivity index (χ0v) is 12.4. The van der Waals surface area contributed by atoms with Crippen LogP contribution in [0.15, 0.2) is 24.3 Å². The van der Waals surface area contributed by atoms with Crippen LogP contribution >= 0.6 is 0 Å². The Morgan fingerprint density at radius 3 is 2.81 bits per heavy atom. The lowest BCUT2D eigenvalue weighted by Crippen LogP contribution is -2.34. The van der Waals surface area contributed by atoms with Gasteiger partial charge >= 0.3 is 0 Å². The lowest BCUT2D eigenvalue weighted by atomic mass is 10.1. The molecule has 3 aliphatic rings. The van der Waals surface area contributed by atoms with E-state index in [0.717, 1.165) is 24.3 Å². The van der Waals surface area contributed by atoms with Crippen molar-refractivity contribution in [2.24, 2.45) is 0 Å². The van der Waals surface area contributed by atoms with E-state index < -0.39 is 0 Å². The van der Waals surface area contributed by atoms with Gasteiger partial charge in [-0.05, 0) is 44.4 Å². The van der Waals surface area contributed by atoms with Crippen molar-refractivity contribution < 1.29 is 4.79 Å². The molecule has 3 saturated heterocycles. The van der Waals surface area contributed by atoms with Gasteiger partial charge in [0.2, 0.25) is 5.91 Å². The number of anilines is 2. The first-order valence-corrected chi connectivity index (χ1v) is 8.23. The second-order valence-electron chi connectivity index (χ2n) is 6.45. The average Bonchev–Trinajstić information content (AvgIpc) is 3.18. The number of para-hydroxylation sites is 2. The Bertz CT molecular complexity index is 545. The monoisotopic (exact) mass is 285 g/mol. The van der Waals surface area contributed by atoms with Crippen LogP contribution in [-0.2, 0) is 4.79 Å². The molecule has 2 atom stereocenters. The smallest absolute Gasteiger partial charge is 0.227 e. The average molecular weight is 285 g/mol. The van der Waals surface area contributed by atoms with Crippen molar-refractivity contribution in [3.63, 3.8) is 0 Å². The molecule has 0 saturated carbocycles. The molecular formula is C17H23N3O. The Labute approximate surface area is 126 Å². The zero-order valence-electron chi connectivity index (χ0n) is 12.4. The highest BCUT2D eigenvalue weighted by Crippen LogP contribution is 2.34. The predicted octanol–water partition coefficient (Wildman–Crippen LogP) is 2.46. The number of fused-ring (bicyclic) bond motifs is 1. The van der Waals surface area contributed by atoms with Gasteiger partial charge in [0, 0.05) is 31.6 Å². The quantitative estimate of drug-likeness (QED) is 0.926. The van der Waals surface area contributed by atoms with Gasteiger partial charge in [0.15, 0.2) is 0 Å². The fourth-order valence-electron chi connectivity index (χ4n) is 4.18. The van der Waals surface area contributed by atoms with E-state index in [-0.39, 0.29) is 5.91 Å². The third kappa shape index (κ3) is 2.31. The molecule has 1 amide bonds. The van der Waals surface area contributed by atoms with E-state index in [4.69, 9.17) is 0 Å². The van der Waals surface area contributed by atoms with Crippen LogP contribution in [0, 0.1) is 0 Å². The summed E-state index contributed by atoms with van der Waals surface area (Å²) in [7, 11) is 0. The standard InChI is InChI=1S/C17H23N3O/c21-17-8-4-11-20(17)16-6-2-1-5-13(16)18-14-9-12-19-10-3-7-15(14)19/h1-2,5-6,14-15,18H,3-4,7-12H2. The minimum absolute atomic E-state index is 0.262. The van der Waals surface area contributed by atoms with Crippen molar-refractivity contribution in [1.29, 1.82) is 0 Å². The van der Waals surface area contributed by atoms with Crippen molar-refractivity contribution in [2.75, 3.05) is 29.9 Å². The van der Waals surface area contributed by atoms with E-state index >= 15 is 0 Å². The molecule has 0 aliphatic carbocycles. The summed E-state index contributed by atoms with van der Waals surface area (Å²) in [6.07, 6.45) is 5.52. The summed E-state index contributed by atoms with van der Waals surface area (Å²) >= 11 is 0. The molecule has 4 nitrogen and oxygen atoms in total. The highest BCUT2D eigenvalue weighted by molar-refractivity contribution is 5.98. The maximum Gasteiger partial charge on any atom is 0.227 e. The summed E-state index contributed by atoms with van der Waals surface area (Å²) in [5.74, 6) is 0.262. The van der Waals surface area contributed by atoms with Crippen molar-refractivity contribution in [3.8, 4) is 0 Å². The van der Waals surface area contributed by atoms with E-state index in [1.165, 1.54) is 32.4 Å². The summed E-state index contributed by atoms with van der Waals surface area (Å²) in [6, 6.07) is 9.51. The Kier molecular flexibility index (Phi) is 3.34. The number of carbonyl (C=O) groups excluding carboxylic acids is 1. The van der Waals surface area contributed by atoms with Crippen LogP contribution in [0.25, 0.3) is 0 Å². The van der Waals surface area contributed by atoms with Crippen LogP contribution in [0.3, 0.4) is 0 Å². The van der Waals surface area contributed by atoms with Gasteiger partial charge in [-0.3, -0.25) is 9.69 Å². The number of nitrogens with zero attached hydrogens (tertiary/aromatic N) is 2. The molecule has 1 N–H and O–H groups in total. The second-order valence-corrected chi connectivity index (χ2v) is 6.45. The number of nitrogens with one attached hydrogen (secondary N) is 1. The molecule has 112 valence electrons. The molecule has 4 rings (SSSR count). The van der Waals surface area contributed by atoms with Crippen LogP contribution in [0.4, 0.5) is 11.4 Å². The number of amides is 1. The van der Waals surface area contributed by atoms with Crippen LogP contribution in [0.2, 0.25) is 0 Å². The van der Waals surface area contributed by atoms with E-state index in [2.05, 4.69) is 28.4 Å². The fraction of sp³-hybridized carbons (Fsp3) is 0.588. The highest BCUT2D eigenvalue weighted by Gasteiger charge is 2.37. The number of hydrogen-bond acceptors (Lipinski definition) is 3. The fourth-order valence-corrected chi connectivity index (χ4v) is 4.18. The molecular weight excluding hydrogens is 262 g/mol. The molecule has 1 aromatic rings. The minimum atomic E-state index is 0.262. The van der Waals surface area contributed by atoms with Crippen molar-refractivity contribution in [1.82, 2.24) is 4.90 Å². The van der Waals surface area contributed by atoms with Crippen molar-refractivity contribution >= 4 is 17.3 Å². The SMILES string of the molecule is O=C1CCCN1c1ccccc1NC1CCN2CCCC12. The predicted molar refractivity (Wildman–Crippen MR) is 84.7 cm³/mol. The van der Waals surface area contributed by atoms with Crippen LogP contribution < -0.4 is 10.2 Å². The first-order chi connectivity index (χ1) is 10.3. The van der Waals surface area contributed by atoms with Crippen molar-refractivity contribution in [3.05, 3.63) is 24.3 Å². The van der Waals surface area contributed by atoms with E-state index in [1.54, 1.807) is 0 Å². The largest absolute Gasteiger partial charge is 0.379 e. The van der Waals surface area contributed by atoms with Gasteiger partial charge < -0.3 is 10.2 Å². The topological polar surface area (TPSA) is 35.6 Å². The van der Waals surface area contributed by atoms with Gasteiger partial charge in [-0.2, -0.15) is 0 Å². The van der Waals surface area contributed by atoms with Crippen molar-refractivity contribution in [2.45, 2.75) is 44.2 Å².